The lowest BCUT2D eigenvalue weighted by Crippen LogP contribution is -2.40. The summed E-state index contributed by atoms with van der Waals surface area (Å²) in [6.45, 7) is 6.33. The average Bonchev–Trinajstić information content (AvgIpc) is 3.08. The van der Waals surface area contributed by atoms with E-state index in [4.69, 9.17) is 4.74 Å². The van der Waals surface area contributed by atoms with Crippen LogP contribution in [0.2, 0.25) is 0 Å². The molecule has 8 nitrogen and oxygen atoms in total. The van der Waals surface area contributed by atoms with Gasteiger partial charge in [0, 0.05) is 39.8 Å². The van der Waals surface area contributed by atoms with Crippen molar-refractivity contribution < 1.29 is 17.9 Å². The first-order valence-corrected chi connectivity index (χ1v) is 10.1. The molecule has 0 aromatic carbocycles. The Bertz CT molecular complexity index is 752. The number of carbonyl (C=O) groups is 1. The number of sulfonamides is 1. The Hall–Kier alpha value is -1.45. The van der Waals surface area contributed by atoms with Crippen molar-refractivity contribution in [2.75, 3.05) is 39.4 Å². The Balaban J connectivity index is 1.75. The van der Waals surface area contributed by atoms with Crippen LogP contribution in [-0.2, 0) is 26.6 Å². The molecule has 0 radical (unpaired) electrons. The Morgan fingerprint density at radius 1 is 1.20 bits per heavy atom. The minimum atomic E-state index is -3.61. The van der Waals surface area contributed by atoms with Gasteiger partial charge in [-0.25, -0.2) is 8.42 Å². The summed E-state index contributed by atoms with van der Waals surface area (Å²) in [5.74, 6) is 0.0106. The number of rotatable bonds is 3. The van der Waals surface area contributed by atoms with E-state index in [1.807, 2.05) is 0 Å². The molecule has 1 aromatic heterocycles. The van der Waals surface area contributed by atoms with Crippen molar-refractivity contribution >= 4 is 15.9 Å². The molecule has 9 heteroatoms. The van der Waals surface area contributed by atoms with E-state index in [1.165, 1.54) is 4.31 Å². The van der Waals surface area contributed by atoms with Gasteiger partial charge in [-0.2, -0.15) is 9.40 Å². The van der Waals surface area contributed by atoms with Crippen LogP contribution in [0.1, 0.15) is 24.2 Å². The predicted molar refractivity (Wildman–Crippen MR) is 91.6 cm³/mol. The molecular formula is C16H26N4O4S. The zero-order chi connectivity index (χ0) is 18.2. The quantitative estimate of drug-likeness (QED) is 0.764. The van der Waals surface area contributed by atoms with Gasteiger partial charge in [-0.05, 0) is 26.7 Å². The third-order valence-corrected chi connectivity index (χ3v) is 7.24. The molecular weight excluding hydrogens is 344 g/mol. The number of aromatic nitrogens is 2. The number of nitrogens with zero attached hydrogens (tertiary/aromatic N) is 4. The summed E-state index contributed by atoms with van der Waals surface area (Å²) < 4.78 is 34.5. The van der Waals surface area contributed by atoms with E-state index in [2.05, 4.69) is 5.10 Å². The number of ether oxygens (including phenoxy) is 1. The van der Waals surface area contributed by atoms with Gasteiger partial charge in [-0.1, -0.05) is 0 Å². The maximum absolute atomic E-state index is 13.1. The fourth-order valence-electron chi connectivity index (χ4n) is 3.60. The van der Waals surface area contributed by atoms with Crippen molar-refractivity contribution in [2.45, 2.75) is 31.6 Å². The van der Waals surface area contributed by atoms with Crippen LogP contribution >= 0.6 is 0 Å². The maximum atomic E-state index is 13.1. The van der Waals surface area contributed by atoms with E-state index in [1.54, 1.807) is 30.5 Å². The highest BCUT2D eigenvalue weighted by Gasteiger charge is 2.34. The van der Waals surface area contributed by atoms with Crippen molar-refractivity contribution in [3.8, 4) is 0 Å². The summed E-state index contributed by atoms with van der Waals surface area (Å²) >= 11 is 0. The van der Waals surface area contributed by atoms with Gasteiger partial charge < -0.3 is 9.64 Å². The molecule has 1 atom stereocenters. The number of carbonyl (C=O) groups excluding carboxylic acids is 1. The zero-order valence-electron chi connectivity index (χ0n) is 15.1. The molecule has 1 unspecified atom stereocenters. The van der Waals surface area contributed by atoms with Gasteiger partial charge in [-0.3, -0.25) is 9.48 Å². The van der Waals surface area contributed by atoms with Gasteiger partial charge in [-0.15, -0.1) is 0 Å². The summed E-state index contributed by atoms with van der Waals surface area (Å²) in [5.41, 5.74) is 1.15. The van der Waals surface area contributed by atoms with Crippen LogP contribution in [0.4, 0.5) is 0 Å². The van der Waals surface area contributed by atoms with E-state index < -0.39 is 10.0 Å². The SMILES string of the molecule is Cc1nn(C)c(C)c1S(=O)(=O)N1CCCN(C(=O)C2CCOC2)CC1. The molecule has 0 aliphatic carbocycles. The normalized spacial score (nSPS) is 23.0. The van der Waals surface area contributed by atoms with Gasteiger partial charge in [0.15, 0.2) is 0 Å². The summed E-state index contributed by atoms with van der Waals surface area (Å²) in [4.78, 5) is 14.6. The van der Waals surface area contributed by atoms with Crippen molar-refractivity contribution in [3.05, 3.63) is 11.4 Å². The predicted octanol–water partition coefficient (Wildman–Crippen LogP) is 0.296. The van der Waals surface area contributed by atoms with E-state index in [0.717, 1.165) is 6.42 Å². The van der Waals surface area contributed by atoms with Crippen molar-refractivity contribution in [1.82, 2.24) is 19.0 Å². The molecule has 25 heavy (non-hydrogen) atoms. The van der Waals surface area contributed by atoms with Crippen molar-refractivity contribution in [3.63, 3.8) is 0 Å². The van der Waals surface area contributed by atoms with Gasteiger partial charge in [0.25, 0.3) is 0 Å². The summed E-state index contributed by atoms with van der Waals surface area (Å²) in [6.07, 6.45) is 1.39. The second-order valence-corrected chi connectivity index (χ2v) is 8.64. The number of hydrogen-bond donors (Lipinski definition) is 0. The molecule has 2 saturated heterocycles. The van der Waals surface area contributed by atoms with Crippen LogP contribution in [0.3, 0.4) is 0 Å². The number of hydrogen-bond acceptors (Lipinski definition) is 5. The largest absolute Gasteiger partial charge is 0.381 e. The third-order valence-electron chi connectivity index (χ3n) is 5.09. The lowest BCUT2D eigenvalue weighted by Gasteiger charge is -2.24. The lowest BCUT2D eigenvalue weighted by atomic mass is 10.1. The monoisotopic (exact) mass is 370 g/mol. The molecule has 140 valence electrons. The second-order valence-electron chi connectivity index (χ2n) is 6.77. The zero-order valence-corrected chi connectivity index (χ0v) is 15.9. The summed E-state index contributed by atoms with van der Waals surface area (Å²) in [7, 11) is -1.86. The molecule has 2 aliphatic heterocycles. The number of amides is 1. The van der Waals surface area contributed by atoms with Crippen molar-refractivity contribution in [1.29, 1.82) is 0 Å². The highest BCUT2D eigenvalue weighted by Crippen LogP contribution is 2.24. The lowest BCUT2D eigenvalue weighted by molar-refractivity contribution is -0.135. The van der Waals surface area contributed by atoms with E-state index >= 15 is 0 Å². The molecule has 3 heterocycles. The van der Waals surface area contributed by atoms with Crippen LogP contribution in [0, 0.1) is 19.8 Å². The van der Waals surface area contributed by atoms with Crippen LogP contribution < -0.4 is 0 Å². The first kappa shape index (κ1) is 18.3. The Morgan fingerprint density at radius 3 is 2.56 bits per heavy atom. The topological polar surface area (TPSA) is 84.7 Å². The minimum absolute atomic E-state index is 0.0778. The molecule has 1 amide bonds. The van der Waals surface area contributed by atoms with E-state index in [9.17, 15) is 13.2 Å². The average molecular weight is 370 g/mol. The highest BCUT2D eigenvalue weighted by molar-refractivity contribution is 7.89. The van der Waals surface area contributed by atoms with Gasteiger partial charge in [0.1, 0.15) is 4.90 Å². The molecule has 0 N–H and O–H groups in total. The molecule has 2 aliphatic rings. The van der Waals surface area contributed by atoms with Crippen LogP contribution in [-0.4, -0.2) is 72.7 Å². The van der Waals surface area contributed by atoms with Crippen LogP contribution in [0.5, 0.6) is 0 Å². The minimum Gasteiger partial charge on any atom is -0.381 e. The van der Waals surface area contributed by atoms with E-state index in [0.29, 0.717) is 62.1 Å². The first-order chi connectivity index (χ1) is 11.8. The van der Waals surface area contributed by atoms with Crippen LogP contribution in [0.25, 0.3) is 0 Å². The molecule has 0 saturated carbocycles. The molecule has 0 spiro atoms. The molecule has 3 rings (SSSR count). The van der Waals surface area contributed by atoms with Gasteiger partial charge >= 0.3 is 0 Å². The van der Waals surface area contributed by atoms with Gasteiger partial charge in [0.2, 0.25) is 15.9 Å². The maximum Gasteiger partial charge on any atom is 0.246 e. The second kappa shape index (κ2) is 7.05. The molecule has 1 aromatic rings. The summed E-state index contributed by atoms with van der Waals surface area (Å²) in [6, 6.07) is 0. The highest BCUT2D eigenvalue weighted by atomic mass is 32.2. The first-order valence-electron chi connectivity index (χ1n) is 8.69. The smallest absolute Gasteiger partial charge is 0.246 e. The van der Waals surface area contributed by atoms with Gasteiger partial charge in [0.05, 0.1) is 23.9 Å². The standard InChI is InChI=1S/C16H26N4O4S/c1-12-15(13(2)18(3)17-12)25(22,23)20-7-4-6-19(8-9-20)16(21)14-5-10-24-11-14/h14H,4-11H2,1-3H3. The molecule has 2 fully saturated rings. The fraction of sp³-hybridized carbons (Fsp3) is 0.750. The fourth-order valence-corrected chi connectivity index (χ4v) is 5.47. The summed E-state index contributed by atoms with van der Waals surface area (Å²) in [5, 5.41) is 4.22. The van der Waals surface area contributed by atoms with E-state index in [-0.39, 0.29) is 11.8 Å². The molecule has 0 bridgehead atoms. The Labute approximate surface area is 148 Å². The van der Waals surface area contributed by atoms with Crippen LogP contribution in [0.15, 0.2) is 4.90 Å². The number of aryl methyl sites for hydroxylation is 2. The van der Waals surface area contributed by atoms with Crippen molar-refractivity contribution in [2.24, 2.45) is 13.0 Å². The Morgan fingerprint density at radius 2 is 1.96 bits per heavy atom. The third kappa shape index (κ3) is 3.45. The Kier molecular flexibility index (Phi) is 5.17.